The normalized spacial score (nSPS) is 13.0. The van der Waals surface area contributed by atoms with E-state index in [1.807, 2.05) is 20.8 Å². The molecule has 1 heterocycles. The summed E-state index contributed by atoms with van der Waals surface area (Å²) in [5.74, 6) is -0.955. The van der Waals surface area contributed by atoms with Crippen LogP contribution in [-0.4, -0.2) is 35.2 Å². The number of nitrogens with zero attached hydrogens (tertiary/aromatic N) is 1. The van der Waals surface area contributed by atoms with Crippen molar-refractivity contribution in [3.05, 3.63) is 83.7 Å². The maximum atomic E-state index is 12.7. The summed E-state index contributed by atoms with van der Waals surface area (Å²) in [6.07, 6.45) is 2.09. The number of carbonyl (C=O) groups is 2. The summed E-state index contributed by atoms with van der Waals surface area (Å²) in [7, 11) is 1.53. The molecule has 2 unspecified atom stereocenters. The first kappa shape index (κ1) is 24.7. The molecule has 0 aliphatic rings. The summed E-state index contributed by atoms with van der Waals surface area (Å²) in [6.45, 7) is 5.77. The molecule has 2 aromatic carbocycles. The second-order valence-electron chi connectivity index (χ2n) is 8.80. The van der Waals surface area contributed by atoms with Gasteiger partial charge in [0.2, 0.25) is 0 Å². The Morgan fingerprint density at radius 2 is 1.71 bits per heavy atom. The van der Waals surface area contributed by atoms with E-state index in [9.17, 15) is 14.7 Å². The lowest BCUT2D eigenvalue weighted by atomic mass is 9.81. The number of hydrogen-bond donors (Lipinski definition) is 2. The third-order valence-electron chi connectivity index (χ3n) is 5.30. The van der Waals surface area contributed by atoms with E-state index in [4.69, 9.17) is 19.9 Å². The molecule has 0 amide bonds. The van der Waals surface area contributed by atoms with Gasteiger partial charge in [0.15, 0.2) is 11.5 Å². The predicted octanol–water partition coefficient (Wildman–Crippen LogP) is 4.29. The van der Waals surface area contributed by atoms with Crippen molar-refractivity contribution in [1.82, 2.24) is 4.98 Å². The lowest BCUT2D eigenvalue weighted by Gasteiger charge is -2.34. The number of nitrogens with two attached hydrogens (primary N) is 1. The van der Waals surface area contributed by atoms with Crippen molar-refractivity contribution in [2.24, 2.45) is 11.1 Å². The minimum absolute atomic E-state index is 0.0359. The van der Waals surface area contributed by atoms with Gasteiger partial charge in [0.25, 0.3) is 0 Å². The van der Waals surface area contributed by atoms with Gasteiger partial charge in [0.1, 0.15) is 11.9 Å². The maximum absolute atomic E-state index is 12.7. The van der Waals surface area contributed by atoms with Crippen LogP contribution < -0.4 is 15.2 Å². The number of rotatable bonds is 7. The molecule has 3 N–H and O–H groups in total. The predicted molar refractivity (Wildman–Crippen MR) is 126 cm³/mol. The summed E-state index contributed by atoms with van der Waals surface area (Å²) in [6, 6.07) is 13.4. The topological polar surface area (TPSA) is 121 Å². The zero-order valence-corrected chi connectivity index (χ0v) is 19.5. The Balaban J connectivity index is 1.84. The highest BCUT2D eigenvalue weighted by molar-refractivity contribution is 5.91. The summed E-state index contributed by atoms with van der Waals surface area (Å²) in [5.41, 5.74) is 7.06. The quantitative estimate of drug-likeness (QED) is 0.392. The summed E-state index contributed by atoms with van der Waals surface area (Å²) in [5, 5.41) is 10.6. The van der Waals surface area contributed by atoms with Crippen LogP contribution in [0.2, 0.25) is 0 Å². The Labute approximate surface area is 198 Å². The van der Waals surface area contributed by atoms with Gasteiger partial charge in [0, 0.05) is 12.4 Å². The highest BCUT2D eigenvalue weighted by Crippen LogP contribution is 2.36. The molecule has 0 spiro atoms. The number of benzene rings is 2. The average Bonchev–Trinajstić information content (AvgIpc) is 2.83. The van der Waals surface area contributed by atoms with Crippen LogP contribution in [0.5, 0.6) is 17.2 Å². The van der Waals surface area contributed by atoms with E-state index < -0.39 is 29.5 Å². The van der Waals surface area contributed by atoms with E-state index in [0.717, 1.165) is 0 Å². The van der Waals surface area contributed by atoms with Gasteiger partial charge >= 0.3 is 11.9 Å². The zero-order chi connectivity index (χ0) is 24.9. The van der Waals surface area contributed by atoms with E-state index in [0.29, 0.717) is 16.9 Å². The van der Waals surface area contributed by atoms with Crippen molar-refractivity contribution < 1.29 is 28.9 Å². The van der Waals surface area contributed by atoms with Crippen molar-refractivity contribution in [3.63, 3.8) is 0 Å². The van der Waals surface area contributed by atoms with Crippen LogP contribution in [-0.2, 0) is 4.74 Å². The molecule has 3 aromatic rings. The number of phenolic OH excluding ortho intramolecular Hbond substituents is 1. The van der Waals surface area contributed by atoms with E-state index in [2.05, 4.69) is 4.98 Å². The molecule has 1 aromatic heterocycles. The van der Waals surface area contributed by atoms with Gasteiger partial charge in [-0.05, 0) is 59.5 Å². The molecule has 0 fully saturated rings. The smallest absolute Gasteiger partial charge is 0.343 e. The Morgan fingerprint density at radius 1 is 1.00 bits per heavy atom. The van der Waals surface area contributed by atoms with Crippen LogP contribution in [0.15, 0.2) is 67.0 Å². The van der Waals surface area contributed by atoms with Crippen LogP contribution in [0, 0.1) is 5.41 Å². The third-order valence-corrected chi connectivity index (χ3v) is 5.30. The minimum atomic E-state index is -0.870. The molecule has 0 bridgehead atoms. The van der Waals surface area contributed by atoms with Gasteiger partial charge in [-0.2, -0.15) is 0 Å². The fourth-order valence-corrected chi connectivity index (χ4v) is 3.15. The van der Waals surface area contributed by atoms with E-state index in [1.54, 1.807) is 48.7 Å². The van der Waals surface area contributed by atoms with Gasteiger partial charge in [-0.3, -0.25) is 4.98 Å². The lowest BCUT2D eigenvalue weighted by Crippen LogP contribution is -2.42. The van der Waals surface area contributed by atoms with E-state index >= 15 is 0 Å². The number of esters is 2. The maximum Gasteiger partial charge on any atom is 0.343 e. The van der Waals surface area contributed by atoms with Gasteiger partial charge in [-0.25, -0.2) is 9.59 Å². The number of aromatic nitrogens is 1. The fourth-order valence-electron chi connectivity index (χ4n) is 3.15. The highest BCUT2D eigenvalue weighted by Gasteiger charge is 2.34. The van der Waals surface area contributed by atoms with Crippen LogP contribution in [0.25, 0.3) is 0 Å². The molecule has 2 atom stereocenters. The van der Waals surface area contributed by atoms with Crippen molar-refractivity contribution in [2.75, 3.05) is 7.11 Å². The summed E-state index contributed by atoms with van der Waals surface area (Å²) >= 11 is 0. The van der Waals surface area contributed by atoms with Crippen molar-refractivity contribution in [3.8, 4) is 17.2 Å². The molecule has 0 saturated heterocycles. The molecule has 0 saturated carbocycles. The molecular formula is C26H28N2O6. The molecule has 0 radical (unpaired) electrons. The van der Waals surface area contributed by atoms with E-state index in [-0.39, 0.29) is 17.1 Å². The first-order valence-electron chi connectivity index (χ1n) is 10.7. The Kier molecular flexibility index (Phi) is 7.53. The number of carbonyl (C=O) groups excluding carboxylic acids is 2. The number of ether oxygens (including phenoxy) is 3. The largest absolute Gasteiger partial charge is 0.504 e. The molecular weight excluding hydrogens is 436 g/mol. The minimum Gasteiger partial charge on any atom is -0.504 e. The monoisotopic (exact) mass is 464 g/mol. The van der Waals surface area contributed by atoms with Gasteiger partial charge < -0.3 is 25.1 Å². The molecule has 34 heavy (non-hydrogen) atoms. The van der Waals surface area contributed by atoms with Crippen LogP contribution in [0.4, 0.5) is 0 Å². The fraction of sp³-hybridized carbons (Fsp3) is 0.269. The average molecular weight is 465 g/mol. The first-order valence-corrected chi connectivity index (χ1v) is 10.7. The summed E-state index contributed by atoms with van der Waals surface area (Å²) in [4.78, 5) is 29.1. The van der Waals surface area contributed by atoms with Crippen molar-refractivity contribution in [1.29, 1.82) is 0 Å². The van der Waals surface area contributed by atoms with Gasteiger partial charge in [-0.1, -0.05) is 26.8 Å². The molecule has 0 aliphatic heterocycles. The van der Waals surface area contributed by atoms with E-state index in [1.165, 1.54) is 25.4 Å². The Bertz CT molecular complexity index is 1140. The van der Waals surface area contributed by atoms with Gasteiger partial charge in [-0.15, -0.1) is 0 Å². The van der Waals surface area contributed by atoms with Crippen LogP contribution in [0.3, 0.4) is 0 Å². The molecule has 8 heteroatoms. The van der Waals surface area contributed by atoms with Crippen LogP contribution >= 0.6 is 0 Å². The molecule has 3 rings (SSSR count). The third kappa shape index (κ3) is 5.90. The molecule has 178 valence electrons. The molecule has 0 aliphatic carbocycles. The molecule has 8 nitrogen and oxygen atoms in total. The number of methoxy groups -OCH3 is 1. The van der Waals surface area contributed by atoms with Crippen molar-refractivity contribution in [2.45, 2.75) is 32.9 Å². The Morgan fingerprint density at radius 3 is 2.26 bits per heavy atom. The standard InChI is InChI=1S/C26H28N2O6/c1-26(2,3)23(27)22(34-25(31)18-6-5-13-28-15-18)17-9-12-21(20(29)14-17)33-24(30)16-7-10-19(32-4)11-8-16/h5-15,22-23,29H,27H2,1-4H3. The number of hydrogen-bond acceptors (Lipinski definition) is 8. The highest BCUT2D eigenvalue weighted by atomic mass is 16.5. The second-order valence-corrected chi connectivity index (χ2v) is 8.80. The van der Waals surface area contributed by atoms with Crippen molar-refractivity contribution >= 4 is 11.9 Å². The second kappa shape index (κ2) is 10.4. The number of phenols is 1. The number of pyridine rings is 1. The van der Waals surface area contributed by atoms with Crippen LogP contribution in [0.1, 0.15) is 53.2 Å². The first-order chi connectivity index (χ1) is 16.1. The summed E-state index contributed by atoms with van der Waals surface area (Å²) < 4.78 is 16.2. The van der Waals surface area contributed by atoms with Gasteiger partial charge in [0.05, 0.1) is 24.3 Å². The Hall–Kier alpha value is -3.91. The SMILES string of the molecule is COc1ccc(C(=O)Oc2ccc(C(OC(=O)c3cccnc3)C(N)C(C)(C)C)cc2O)cc1. The number of aromatic hydroxyl groups is 1. The lowest BCUT2D eigenvalue weighted by molar-refractivity contribution is 0.0111. The zero-order valence-electron chi connectivity index (χ0n) is 19.5.